The number of hydrogen-bond donors (Lipinski definition) is 4. The van der Waals surface area contributed by atoms with E-state index >= 15 is 0 Å². The first kappa shape index (κ1) is 19.3. The predicted octanol–water partition coefficient (Wildman–Crippen LogP) is 1.50. The van der Waals surface area contributed by atoms with Crippen LogP contribution in [0.5, 0.6) is 0 Å². The van der Waals surface area contributed by atoms with E-state index < -0.39 is 18.0 Å². The zero-order valence-corrected chi connectivity index (χ0v) is 13.3. The maximum atomic E-state index is 10.4. The SMILES string of the molecule is NC(Cc1ccccc1)C(=O)O.O=C(O)CNCc1ccccc1. The zero-order chi connectivity index (χ0) is 17.8. The van der Waals surface area contributed by atoms with E-state index in [-0.39, 0.29) is 6.54 Å². The molecule has 0 aliphatic carbocycles. The van der Waals surface area contributed by atoms with Gasteiger partial charge in [0.2, 0.25) is 0 Å². The Kier molecular flexibility index (Phi) is 8.81. The van der Waals surface area contributed by atoms with Gasteiger partial charge in [0.1, 0.15) is 6.04 Å². The summed E-state index contributed by atoms with van der Waals surface area (Å²) in [5.74, 6) is -1.79. The summed E-state index contributed by atoms with van der Waals surface area (Å²) in [4.78, 5) is 20.5. The summed E-state index contributed by atoms with van der Waals surface area (Å²) in [5, 5.41) is 19.6. The predicted molar refractivity (Wildman–Crippen MR) is 91.5 cm³/mol. The molecule has 128 valence electrons. The summed E-state index contributed by atoms with van der Waals surface area (Å²) < 4.78 is 0. The highest BCUT2D eigenvalue weighted by atomic mass is 16.4. The Balaban J connectivity index is 0.000000240. The molecule has 0 fully saturated rings. The summed E-state index contributed by atoms with van der Waals surface area (Å²) in [5.41, 5.74) is 7.40. The number of benzene rings is 2. The minimum Gasteiger partial charge on any atom is -0.480 e. The van der Waals surface area contributed by atoms with Crippen LogP contribution in [-0.4, -0.2) is 34.7 Å². The van der Waals surface area contributed by atoms with Gasteiger partial charge in [0.05, 0.1) is 6.54 Å². The normalized spacial score (nSPS) is 11.0. The van der Waals surface area contributed by atoms with Crippen LogP contribution in [0.1, 0.15) is 11.1 Å². The summed E-state index contributed by atoms with van der Waals surface area (Å²) in [6, 6.07) is 18.2. The molecule has 2 aromatic rings. The Morgan fingerprint density at radius 3 is 1.88 bits per heavy atom. The highest BCUT2D eigenvalue weighted by Gasteiger charge is 2.10. The van der Waals surface area contributed by atoms with Crippen LogP contribution in [0.2, 0.25) is 0 Å². The van der Waals surface area contributed by atoms with Gasteiger partial charge < -0.3 is 21.3 Å². The van der Waals surface area contributed by atoms with E-state index in [1.807, 2.05) is 60.7 Å². The number of hydrogen-bond acceptors (Lipinski definition) is 4. The van der Waals surface area contributed by atoms with Crippen LogP contribution in [0.4, 0.5) is 0 Å². The van der Waals surface area contributed by atoms with Crippen molar-refractivity contribution in [3.05, 3.63) is 71.8 Å². The van der Waals surface area contributed by atoms with Crippen LogP contribution in [0.25, 0.3) is 0 Å². The van der Waals surface area contributed by atoms with E-state index in [1.54, 1.807) is 0 Å². The molecule has 0 aromatic heterocycles. The molecule has 0 saturated carbocycles. The van der Waals surface area contributed by atoms with Gasteiger partial charge in [-0.25, -0.2) is 0 Å². The van der Waals surface area contributed by atoms with Crippen molar-refractivity contribution in [1.82, 2.24) is 5.32 Å². The molecule has 0 radical (unpaired) electrons. The maximum Gasteiger partial charge on any atom is 0.320 e. The van der Waals surface area contributed by atoms with Crippen molar-refractivity contribution in [2.75, 3.05) is 6.54 Å². The van der Waals surface area contributed by atoms with Gasteiger partial charge in [0.25, 0.3) is 0 Å². The quantitative estimate of drug-likeness (QED) is 0.612. The van der Waals surface area contributed by atoms with E-state index in [2.05, 4.69) is 5.32 Å². The van der Waals surface area contributed by atoms with E-state index in [0.29, 0.717) is 13.0 Å². The summed E-state index contributed by atoms with van der Waals surface area (Å²) in [6.45, 7) is 0.613. The number of aliphatic carboxylic acids is 2. The van der Waals surface area contributed by atoms with Gasteiger partial charge in [-0.1, -0.05) is 60.7 Å². The van der Waals surface area contributed by atoms with Crippen molar-refractivity contribution < 1.29 is 19.8 Å². The molecule has 0 amide bonds. The number of carboxylic acids is 2. The summed E-state index contributed by atoms with van der Waals surface area (Å²) in [6.07, 6.45) is 0.385. The number of carbonyl (C=O) groups is 2. The van der Waals surface area contributed by atoms with Gasteiger partial charge in [0.15, 0.2) is 0 Å². The van der Waals surface area contributed by atoms with Gasteiger partial charge in [-0.15, -0.1) is 0 Å². The number of carboxylic acid groups (broad SMARTS) is 2. The van der Waals surface area contributed by atoms with Crippen LogP contribution in [0.3, 0.4) is 0 Å². The molecule has 0 heterocycles. The second kappa shape index (κ2) is 10.9. The van der Waals surface area contributed by atoms with Gasteiger partial charge >= 0.3 is 11.9 Å². The van der Waals surface area contributed by atoms with E-state index in [4.69, 9.17) is 15.9 Å². The Bertz CT molecular complexity index is 617. The molecule has 0 aliphatic rings. The van der Waals surface area contributed by atoms with Crippen LogP contribution >= 0.6 is 0 Å². The smallest absolute Gasteiger partial charge is 0.320 e. The molecule has 2 aromatic carbocycles. The Hall–Kier alpha value is -2.70. The van der Waals surface area contributed by atoms with Crippen molar-refractivity contribution in [3.8, 4) is 0 Å². The van der Waals surface area contributed by atoms with Crippen LogP contribution < -0.4 is 11.1 Å². The summed E-state index contributed by atoms with van der Waals surface area (Å²) in [7, 11) is 0. The number of nitrogens with two attached hydrogens (primary N) is 1. The molecule has 0 spiro atoms. The second-order valence-electron chi connectivity index (χ2n) is 5.12. The highest BCUT2D eigenvalue weighted by Crippen LogP contribution is 2.01. The molecule has 6 nitrogen and oxygen atoms in total. The molecule has 6 heteroatoms. The lowest BCUT2D eigenvalue weighted by Gasteiger charge is -2.04. The topological polar surface area (TPSA) is 113 Å². The lowest BCUT2D eigenvalue weighted by Crippen LogP contribution is -2.32. The minimum absolute atomic E-state index is 0.00882. The third-order valence-corrected chi connectivity index (χ3v) is 3.06. The molecule has 0 bridgehead atoms. The molecule has 2 rings (SSSR count). The lowest BCUT2D eigenvalue weighted by molar-refractivity contribution is -0.138. The zero-order valence-electron chi connectivity index (χ0n) is 13.3. The van der Waals surface area contributed by atoms with Crippen LogP contribution in [-0.2, 0) is 22.6 Å². The molecule has 0 aliphatic heterocycles. The van der Waals surface area contributed by atoms with Crippen LogP contribution in [0, 0.1) is 0 Å². The Labute approximate surface area is 140 Å². The molecule has 24 heavy (non-hydrogen) atoms. The number of rotatable bonds is 7. The average molecular weight is 330 g/mol. The van der Waals surface area contributed by atoms with Gasteiger partial charge in [0, 0.05) is 6.54 Å². The van der Waals surface area contributed by atoms with E-state index in [9.17, 15) is 9.59 Å². The monoisotopic (exact) mass is 330 g/mol. The fourth-order valence-electron chi connectivity index (χ4n) is 1.86. The Morgan fingerprint density at radius 2 is 1.42 bits per heavy atom. The van der Waals surface area contributed by atoms with Crippen molar-refractivity contribution in [3.63, 3.8) is 0 Å². The standard InChI is InChI=1S/2C9H11NO2/c11-9(12)7-10-6-8-4-2-1-3-5-8;10-8(9(11)12)6-7-4-2-1-3-5-7/h1-5,10H,6-7H2,(H,11,12);1-5,8H,6,10H2,(H,11,12). The fourth-order valence-corrected chi connectivity index (χ4v) is 1.86. The van der Waals surface area contributed by atoms with E-state index in [0.717, 1.165) is 11.1 Å². The van der Waals surface area contributed by atoms with Crippen molar-refractivity contribution in [2.45, 2.75) is 19.0 Å². The van der Waals surface area contributed by atoms with Crippen molar-refractivity contribution in [1.29, 1.82) is 0 Å². The van der Waals surface area contributed by atoms with Gasteiger partial charge in [-0.05, 0) is 17.5 Å². The first-order chi connectivity index (χ1) is 11.5. The van der Waals surface area contributed by atoms with Crippen molar-refractivity contribution >= 4 is 11.9 Å². The molecule has 1 unspecified atom stereocenters. The summed E-state index contributed by atoms with van der Waals surface area (Å²) >= 11 is 0. The lowest BCUT2D eigenvalue weighted by atomic mass is 10.1. The third-order valence-electron chi connectivity index (χ3n) is 3.06. The largest absolute Gasteiger partial charge is 0.480 e. The van der Waals surface area contributed by atoms with Crippen molar-refractivity contribution in [2.24, 2.45) is 5.73 Å². The molecule has 1 atom stereocenters. The highest BCUT2D eigenvalue weighted by molar-refractivity contribution is 5.73. The number of nitrogens with one attached hydrogen (secondary N) is 1. The van der Waals surface area contributed by atoms with Gasteiger partial charge in [-0.3, -0.25) is 9.59 Å². The second-order valence-corrected chi connectivity index (χ2v) is 5.12. The fraction of sp³-hybridized carbons (Fsp3) is 0.222. The van der Waals surface area contributed by atoms with E-state index in [1.165, 1.54) is 0 Å². The first-order valence-electron chi connectivity index (χ1n) is 7.47. The Morgan fingerprint density at radius 1 is 0.917 bits per heavy atom. The minimum atomic E-state index is -0.959. The maximum absolute atomic E-state index is 10.4. The first-order valence-corrected chi connectivity index (χ1v) is 7.47. The molecular weight excluding hydrogens is 308 g/mol. The average Bonchev–Trinajstić information content (AvgIpc) is 2.57. The molecular formula is C18H22N2O4. The van der Waals surface area contributed by atoms with Gasteiger partial charge in [-0.2, -0.15) is 0 Å². The third kappa shape index (κ3) is 8.67. The molecule has 0 saturated heterocycles. The molecule has 5 N–H and O–H groups in total. The van der Waals surface area contributed by atoms with Crippen LogP contribution in [0.15, 0.2) is 60.7 Å².